The number of rotatable bonds is 5. The van der Waals surface area contributed by atoms with Crippen LogP contribution in [-0.4, -0.2) is 32.6 Å². The minimum absolute atomic E-state index is 0.224. The van der Waals surface area contributed by atoms with Crippen LogP contribution in [0.2, 0.25) is 0 Å². The van der Waals surface area contributed by atoms with Gasteiger partial charge in [-0.1, -0.05) is 0 Å². The van der Waals surface area contributed by atoms with Crippen molar-refractivity contribution in [1.82, 2.24) is 4.98 Å². The van der Waals surface area contributed by atoms with Crippen LogP contribution in [0.5, 0.6) is 5.75 Å². The summed E-state index contributed by atoms with van der Waals surface area (Å²) in [6, 6.07) is 6.51. The van der Waals surface area contributed by atoms with Gasteiger partial charge < -0.3 is 9.72 Å². The van der Waals surface area contributed by atoms with E-state index in [4.69, 9.17) is 10.00 Å². The van der Waals surface area contributed by atoms with E-state index in [1.54, 1.807) is 24.3 Å². The lowest BCUT2D eigenvalue weighted by Gasteiger charge is -2.09. The van der Waals surface area contributed by atoms with Crippen LogP contribution in [0.4, 0.5) is 5.69 Å². The Labute approximate surface area is 121 Å². The third-order valence-electron chi connectivity index (χ3n) is 2.78. The first-order valence-corrected chi connectivity index (χ1v) is 7.82. The lowest BCUT2D eigenvalue weighted by atomic mass is 10.2. The van der Waals surface area contributed by atoms with E-state index in [0.29, 0.717) is 22.3 Å². The topological polar surface area (TPSA) is 112 Å². The average molecular weight is 307 g/mol. The Morgan fingerprint density at radius 3 is 2.71 bits per heavy atom. The summed E-state index contributed by atoms with van der Waals surface area (Å²) < 4.78 is 30.2. The lowest BCUT2D eigenvalue weighted by Crippen LogP contribution is -2.10. The predicted molar refractivity (Wildman–Crippen MR) is 77.9 cm³/mol. The van der Waals surface area contributed by atoms with Gasteiger partial charge in [0.25, 0.3) is 0 Å². The average Bonchev–Trinajstić information content (AvgIpc) is 2.79. The number of nitrogens with one attached hydrogen (secondary N) is 2. The number of carbonyl (C=O) groups excluding carboxylic acids is 1. The van der Waals surface area contributed by atoms with Crippen molar-refractivity contribution < 1.29 is 17.9 Å². The molecule has 0 bridgehead atoms. The zero-order valence-electron chi connectivity index (χ0n) is 11.4. The highest BCUT2D eigenvalue weighted by Gasteiger charge is 2.14. The van der Waals surface area contributed by atoms with Crippen molar-refractivity contribution in [2.24, 2.45) is 0 Å². The van der Waals surface area contributed by atoms with Crippen LogP contribution >= 0.6 is 0 Å². The molecule has 0 aliphatic rings. The number of carbonyl (C=O) groups is 1. The van der Waals surface area contributed by atoms with E-state index < -0.39 is 10.0 Å². The summed E-state index contributed by atoms with van der Waals surface area (Å²) in [7, 11) is -2.03. The van der Waals surface area contributed by atoms with E-state index in [9.17, 15) is 13.2 Å². The van der Waals surface area contributed by atoms with Crippen LogP contribution in [0.3, 0.4) is 0 Å². The standard InChI is InChI=1S/C13H13N3O4S/c1-20-13-7-9-8(6-11(13)16-21(2,18)19)5-10(15-9)12(17)3-4-14/h5-7,15-16H,3H2,1-2H3. The molecule has 21 heavy (non-hydrogen) atoms. The Bertz CT molecular complexity index is 846. The molecule has 2 rings (SSSR count). The molecule has 0 aliphatic heterocycles. The highest BCUT2D eigenvalue weighted by molar-refractivity contribution is 7.92. The molecule has 2 N–H and O–H groups in total. The van der Waals surface area contributed by atoms with Gasteiger partial charge in [-0.15, -0.1) is 0 Å². The van der Waals surface area contributed by atoms with E-state index in [2.05, 4.69) is 9.71 Å². The number of sulfonamides is 1. The number of aromatic amines is 1. The molecule has 8 heteroatoms. The summed E-state index contributed by atoms with van der Waals surface area (Å²) in [6.07, 6.45) is 0.814. The fraction of sp³-hybridized carbons (Fsp3) is 0.231. The van der Waals surface area contributed by atoms with Crippen molar-refractivity contribution in [3.8, 4) is 11.8 Å². The first-order valence-electron chi connectivity index (χ1n) is 5.92. The number of ketones is 1. The number of anilines is 1. The molecule has 110 valence electrons. The molecule has 0 spiro atoms. The molecule has 0 fully saturated rings. The molecule has 2 aromatic rings. The highest BCUT2D eigenvalue weighted by atomic mass is 32.2. The number of aromatic nitrogens is 1. The number of ether oxygens (including phenoxy) is 1. The van der Waals surface area contributed by atoms with Crippen LogP contribution in [0.15, 0.2) is 18.2 Å². The number of fused-ring (bicyclic) bond motifs is 1. The van der Waals surface area contributed by atoms with Crippen LogP contribution in [-0.2, 0) is 10.0 Å². The molecule has 1 aromatic heterocycles. The first-order chi connectivity index (χ1) is 9.84. The largest absolute Gasteiger partial charge is 0.494 e. The molecule has 0 radical (unpaired) electrons. The normalized spacial score (nSPS) is 11.1. The Kier molecular flexibility index (Phi) is 3.86. The zero-order valence-corrected chi connectivity index (χ0v) is 12.2. The Hall–Kier alpha value is -2.53. The third kappa shape index (κ3) is 3.32. The number of benzene rings is 1. The molecule has 0 unspecified atom stereocenters. The fourth-order valence-electron chi connectivity index (χ4n) is 1.93. The number of Topliss-reactive ketones (excluding diaryl/α,β-unsaturated/α-hetero) is 1. The van der Waals surface area contributed by atoms with E-state index >= 15 is 0 Å². The molecule has 1 aromatic carbocycles. The van der Waals surface area contributed by atoms with Gasteiger partial charge in [0, 0.05) is 17.0 Å². The second-order valence-corrected chi connectivity index (χ2v) is 6.20. The van der Waals surface area contributed by atoms with Gasteiger partial charge in [0.2, 0.25) is 10.0 Å². The minimum atomic E-state index is -3.45. The van der Waals surface area contributed by atoms with Gasteiger partial charge >= 0.3 is 0 Å². The van der Waals surface area contributed by atoms with E-state index in [1.807, 2.05) is 0 Å². The minimum Gasteiger partial charge on any atom is -0.494 e. The molecular weight excluding hydrogens is 294 g/mol. The van der Waals surface area contributed by atoms with E-state index in [1.165, 1.54) is 7.11 Å². The van der Waals surface area contributed by atoms with E-state index in [0.717, 1.165) is 6.26 Å². The number of nitrogens with zero attached hydrogens (tertiary/aromatic N) is 1. The maximum absolute atomic E-state index is 11.7. The molecule has 0 amide bonds. The second kappa shape index (κ2) is 5.46. The van der Waals surface area contributed by atoms with Crippen molar-refractivity contribution in [1.29, 1.82) is 5.26 Å². The first kappa shape index (κ1) is 14.9. The fourth-order valence-corrected chi connectivity index (χ4v) is 2.49. The lowest BCUT2D eigenvalue weighted by molar-refractivity contribution is 0.0994. The monoisotopic (exact) mass is 307 g/mol. The summed E-state index contributed by atoms with van der Waals surface area (Å²) in [6.45, 7) is 0. The van der Waals surface area contributed by atoms with Crippen LogP contribution < -0.4 is 9.46 Å². The van der Waals surface area contributed by atoms with Gasteiger partial charge in [0.1, 0.15) is 12.2 Å². The quantitative estimate of drug-likeness (QED) is 0.815. The van der Waals surface area contributed by atoms with Gasteiger partial charge in [-0.25, -0.2) is 8.42 Å². The predicted octanol–water partition coefficient (Wildman–Crippen LogP) is 1.64. The molecule has 0 atom stereocenters. The number of H-pyrrole nitrogens is 1. The Morgan fingerprint density at radius 1 is 1.43 bits per heavy atom. The van der Waals surface area contributed by atoms with Crippen molar-refractivity contribution in [2.45, 2.75) is 6.42 Å². The zero-order chi connectivity index (χ0) is 15.6. The maximum atomic E-state index is 11.7. The van der Waals surface area contributed by atoms with Crippen molar-refractivity contribution >= 4 is 32.4 Å². The van der Waals surface area contributed by atoms with Gasteiger partial charge in [0.15, 0.2) is 5.78 Å². The van der Waals surface area contributed by atoms with Gasteiger partial charge in [-0.05, 0) is 12.1 Å². The van der Waals surface area contributed by atoms with Crippen LogP contribution in [0, 0.1) is 11.3 Å². The Morgan fingerprint density at radius 2 is 2.14 bits per heavy atom. The van der Waals surface area contributed by atoms with Crippen LogP contribution in [0.1, 0.15) is 16.9 Å². The van der Waals surface area contributed by atoms with Crippen molar-refractivity contribution in [2.75, 3.05) is 18.1 Å². The molecule has 1 heterocycles. The SMILES string of the molecule is COc1cc2[nH]c(C(=O)CC#N)cc2cc1NS(C)(=O)=O. The van der Waals surface area contributed by atoms with Crippen molar-refractivity contribution in [3.63, 3.8) is 0 Å². The summed E-state index contributed by atoms with van der Waals surface area (Å²) >= 11 is 0. The third-order valence-corrected chi connectivity index (χ3v) is 3.37. The summed E-state index contributed by atoms with van der Waals surface area (Å²) in [5.74, 6) is -0.000605. The van der Waals surface area contributed by atoms with Gasteiger partial charge in [-0.3, -0.25) is 9.52 Å². The smallest absolute Gasteiger partial charge is 0.229 e. The Balaban J connectivity index is 2.53. The van der Waals surface area contributed by atoms with Gasteiger partial charge in [-0.2, -0.15) is 5.26 Å². The number of hydrogen-bond acceptors (Lipinski definition) is 5. The van der Waals surface area contributed by atoms with Crippen molar-refractivity contribution in [3.05, 3.63) is 23.9 Å². The summed E-state index contributed by atoms with van der Waals surface area (Å²) in [4.78, 5) is 14.6. The van der Waals surface area contributed by atoms with Crippen LogP contribution in [0.25, 0.3) is 10.9 Å². The molecular formula is C13H13N3O4S. The second-order valence-electron chi connectivity index (χ2n) is 4.46. The molecule has 7 nitrogen and oxygen atoms in total. The molecule has 0 saturated heterocycles. The summed E-state index contributed by atoms with van der Waals surface area (Å²) in [5.41, 5.74) is 1.20. The number of methoxy groups -OCH3 is 1. The number of hydrogen-bond donors (Lipinski definition) is 2. The van der Waals surface area contributed by atoms with Gasteiger partial charge in [0.05, 0.1) is 30.8 Å². The maximum Gasteiger partial charge on any atom is 0.229 e. The highest BCUT2D eigenvalue weighted by Crippen LogP contribution is 2.31. The number of nitriles is 1. The van der Waals surface area contributed by atoms with E-state index in [-0.39, 0.29) is 17.9 Å². The molecule has 0 saturated carbocycles. The summed E-state index contributed by atoms with van der Waals surface area (Å²) in [5, 5.41) is 9.19. The molecule has 0 aliphatic carbocycles.